The van der Waals surface area contributed by atoms with Crippen LogP contribution in [0.4, 0.5) is 5.82 Å². The van der Waals surface area contributed by atoms with Gasteiger partial charge in [-0.1, -0.05) is 6.92 Å². The summed E-state index contributed by atoms with van der Waals surface area (Å²) in [4.78, 5) is 15.9. The third-order valence-electron chi connectivity index (χ3n) is 2.41. The summed E-state index contributed by atoms with van der Waals surface area (Å²) < 4.78 is 0. The molecule has 2 aromatic heterocycles. The van der Waals surface area contributed by atoms with Crippen LogP contribution in [-0.2, 0) is 6.42 Å². The fourth-order valence-electron chi connectivity index (χ4n) is 1.48. The number of rotatable bonds is 3. The number of carbonyl (C=O) groups is 1. The molecule has 0 unspecified atom stereocenters. The number of amides is 1. The van der Waals surface area contributed by atoms with Crippen molar-refractivity contribution in [2.24, 2.45) is 0 Å². The predicted octanol–water partition coefficient (Wildman–Crippen LogP) is 1.93. The van der Waals surface area contributed by atoms with Gasteiger partial charge in [-0.3, -0.25) is 14.9 Å². The van der Waals surface area contributed by atoms with E-state index in [0.717, 1.165) is 17.8 Å². The normalized spacial score (nSPS) is 10.2. The molecule has 0 aliphatic rings. The van der Waals surface area contributed by atoms with Gasteiger partial charge in [-0.15, -0.1) is 0 Å². The maximum absolute atomic E-state index is 11.9. The molecule has 2 heterocycles. The number of nitrogens with zero attached hydrogens (tertiary/aromatic N) is 2. The van der Waals surface area contributed by atoms with E-state index < -0.39 is 0 Å². The van der Waals surface area contributed by atoms with Crippen LogP contribution >= 0.6 is 0 Å². The van der Waals surface area contributed by atoms with Crippen LogP contribution in [0.3, 0.4) is 0 Å². The van der Waals surface area contributed by atoms with Crippen molar-refractivity contribution in [1.29, 1.82) is 0 Å². The number of aromatic amines is 1. The van der Waals surface area contributed by atoms with Crippen molar-refractivity contribution in [3.05, 3.63) is 41.3 Å². The minimum Gasteiger partial charge on any atom is -0.305 e. The summed E-state index contributed by atoms with van der Waals surface area (Å²) >= 11 is 0. The zero-order valence-corrected chi connectivity index (χ0v) is 9.82. The first-order chi connectivity index (χ1) is 8.19. The maximum atomic E-state index is 11.9. The average molecular weight is 230 g/mol. The summed E-state index contributed by atoms with van der Waals surface area (Å²) in [7, 11) is 0. The predicted molar refractivity (Wildman–Crippen MR) is 64.9 cm³/mol. The summed E-state index contributed by atoms with van der Waals surface area (Å²) in [6, 6.07) is 5.24. The monoisotopic (exact) mass is 230 g/mol. The fourth-order valence-corrected chi connectivity index (χ4v) is 1.48. The molecular weight excluding hydrogens is 216 g/mol. The lowest BCUT2D eigenvalue weighted by Gasteiger charge is -2.01. The molecule has 88 valence electrons. The molecule has 2 N–H and O–H groups in total. The van der Waals surface area contributed by atoms with Crippen molar-refractivity contribution in [2.75, 3.05) is 5.32 Å². The number of hydrogen-bond donors (Lipinski definition) is 2. The van der Waals surface area contributed by atoms with Gasteiger partial charge in [0.25, 0.3) is 5.91 Å². The van der Waals surface area contributed by atoms with Gasteiger partial charge in [0.1, 0.15) is 0 Å². The van der Waals surface area contributed by atoms with Crippen LogP contribution in [0.1, 0.15) is 28.7 Å². The number of anilines is 1. The largest absolute Gasteiger partial charge is 0.305 e. The molecule has 0 saturated heterocycles. The molecule has 0 radical (unpaired) electrons. The molecule has 0 fully saturated rings. The highest BCUT2D eigenvalue weighted by Gasteiger charge is 2.08. The number of aromatic nitrogens is 3. The summed E-state index contributed by atoms with van der Waals surface area (Å²) in [6.07, 6.45) is 2.48. The summed E-state index contributed by atoms with van der Waals surface area (Å²) in [5, 5.41) is 9.58. The van der Waals surface area contributed by atoms with Gasteiger partial charge >= 0.3 is 0 Å². The van der Waals surface area contributed by atoms with E-state index in [9.17, 15) is 4.79 Å². The van der Waals surface area contributed by atoms with E-state index in [1.807, 2.05) is 19.9 Å². The average Bonchev–Trinajstić information content (AvgIpc) is 2.77. The van der Waals surface area contributed by atoms with E-state index in [2.05, 4.69) is 20.5 Å². The van der Waals surface area contributed by atoms with Crippen LogP contribution in [-0.4, -0.2) is 21.1 Å². The Morgan fingerprint density at radius 3 is 2.94 bits per heavy atom. The quantitative estimate of drug-likeness (QED) is 0.846. The molecule has 0 aliphatic heterocycles. The van der Waals surface area contributed by atoms with Crippen LogP contribution in [0.2, 0.25) is 0 Å². The SMILES string of the molecule is CCc1cc(NC(=O)c2ccnc(C)c2)n[nH]1. The van der Waals surface area contributed by atoms with E-state index in [-0.39, 0.29) is 5.91 Å². The van der Waals surface area contributed by atoms with Crippen molar-refractivity contribution in [1.82, 2.24) is 15.2 Å². The van der Waals surface area contributed by atoms with Gasteiger partial charge < -0.3 is 5.32 Å². The van der Waals surface area contributed by atoms with E-state index in [1.165, 1.54) is 0 Å². The Morgan fingerprint density at radius 1 is 1.47 bits per heavy atom. The highest BCUT2D eigenvalue weighted by molar-refractivity contribution is 6.03. The maximum Gasteiger partial charge on any atom is 0.256 e. The van der Waals surface area contributed by atoms with Crippen LogP contribution in [0.25, 0.3) is 0 Å². The van der Waals surface area contributed by atoms with E-state index in [4.69, 9.17) is 0 Å². The molecule has 2 aromatic rings. The molecule has 2 rings (SSSR count). The lowest BCUT2D eigenvalue weighted by Crippen LogP contribution is -2.12. The van der Waals surface area contributed by atoms with Crippen molar-refractivity contribution in [3.8, 4) is 0 Å². The number of nitrogens with one attached hydrogen (secondary N) is 2. The molecule has 17 heavy (non-hydrogen) atoms. The summed E-state index contributed by atoms with van der Waals surface area (Å²) in [5.41, 5.74) is 2.39. The topological polar surface area (TPSA) is 70.7 Å². The number of pyridine rings is 1. The lowest BCUT2D eigenvalue weighted by molar-refractivity contribution is 0.102. The first kappa shape index (κ1) is 11.3. The Kier molecular flexibility index (Phi) is 3.18. The van der Waals surface area contributed by atoms with Gasteiger partial charge in [-0.05, 0) is 25.5 Å². The van der Waals surface area contributed by atoms with Crippen LogP contribution < -0.4 is 5.32 Å². The Hall–Kier alpha value is -2.17. The van der Waals surface area contributed by atoms with Gasteiger partial charge in [-0.25, -0.2) is 0 Å². The fraction of sp³-hybridized carbons (Fsp3) is 0.250. The third kappa shape index (κ3) is 2.69. The summed E-state index contributed by atoms with van der Waals surface area (Å²) in [5.74, 6) is 0.367. The van der Waals surface area contributed by atoms with E-state index >= 15 is 0 Å². The molecule has 0 aromatic carbocycles. The second-order valence-corrected chi connectivity index (χ2v) is 3.77. The van der Waals surface area contributed by atoms with Gasteiger partial charge in [-0.2, -0.15) is 5.10 Å². The van der Waals surface area contributed by atoms with Gasteiger partial charge in [0.2, 0.25) is 0 Å². The number of carbonyl (C=O) groups excluding carboxylic acids is 1. The highest BCUT2D eigenvalue weighted by Crippen LogP contribution is 2.08. The lowest BCUT2D eigenvalue weighted by atomic mass is 10.2. The van der Waals surface area contributed by atoms with Crippen molar-refractivity contribution in [3.63, 3.8) is 0 Å². The standard InChI is InChI=1S/C12H14N4O/c1-3-10-7-11(16-15-10)14-12(17)9-4-5-13-8(2)6-9/h4-7H,3H2,1-2H3,(H2,14,15,16,17). The smallest absolute Gasteiger partial charge is 0.256 e. The second kappa shape index (κ2) is 4.78. The Bertz CT molecular complexity index is 533. The molecular formula is C12H14N4O. The number of aryl methyl sites for hydroxylation is 2. The first-order valence-corrected chi connectivity index (χ1v) is 5.47. The van der Waals surface area contributed by atoms with E-state index in [0.29, 0.717) is 11.4 Å². The highest BCUT2D eigenvalue weighted by atomic mass is 16.1. The molecule has 0 saturated carbocycles. The summed E-state index contributed by atoms with van der Waals surface area (Å²) in [6.45, 7) is 3.87. The Balaban J connectivity index is 2.11. The number of hydrogen-bond acceptors (Lipinski definition) is 3. The zero-order chi connectivity index (χ0) is 12.3. The van der Waals surface area contributed by atoms with Gasteiger partial charge in [0.05, 0.1) is 0 Å². The second-order valence-electron chi connectivity index (χ2n) is 3.77. The molecule has 0 aliphatic carbocycles. The molecule has 0 bridgehead atoms. The molecule has 0 atom stereocenters. The van der Waals surface area contributed by atoms with Crippen LogP contribution in [0.5, 0.6) is 0 Å². The molecule has 5 heteroatoms. The van der Waals surface area contributed by atoms with Crippen molar-refractivity contribution in [2.45, 2.75) is 20.3 Å². The molecule has 1 amide bonds. The van der Waals surface area contributed by atoms with Gasteiger partial charge in [0.15, 0.2) is 5.82 Å². The third-order valence-corrected chi connectivity index (χ3v) is 2.41. The minimum absolute atomic E-state index is 0.176. The van der Waals surface area contributed by atoms with Crippen molar-refractivity contribution >= 4 is 11.7 Å². The van der Waals surface area contributed by atoms with Crippen molar-refractivity contribution < 1.29 is 4.79 Å². The van der Waals surface area contributed by atoms with E-state index in [1.54, 1.807) is 18.3 Å². The van der Waals surface area contributed by atoms with Gasteiger partial charge in [0, 0.05) is 29.2 Å². The minimum atomic E-state index is -0.176. The first-order valence-electron chi connectivity index (χ1n) is 5.47. The molecule has 5 nitrogen and oxygen atoms in total. The Labute approximate surface area is 99.3 Å². The van der Waals surface area contributed by atoms with Crippen LogP contribution in [0, 0.1) is 6.92 Å². The zero-order valence-electron chi connectivity index (χ0n) is 9.82. The number of H-pyrrole nitrogens is 1. The van der Waals surface area contributed by atoms with Crippen LogP contribution in [0.15, 0.2) is 24.4 Å². The molecule has 0 spiro atoms. The Morgan fingerprint density at radius 2 is 2.29 bits per heavy atom.